The average molecular weight is 355 g/mol. The van der Waals surface area contributed by atoms with Crippen molar-refractivity contribution in [1.29, 1.82) is 0 Å². The van der Waals surface area contributed by atoms with Gasteiger partial charge in [0.15, 0.2) is 23.5 Å². The second-order valence-corrected chi connectivity index (χ2v) is 6.11. The highest BCUT2D eigenvalue weighted by atomic mass is 16.5. The molecule has 0 aromatic heterocycles. The van der Waals surface area contributed by atoms with Gasteiger partial charge in [-0.05, 0) is 47.7 Å². The highest BCUT2D eigenvalue weighted by Gasteiger charge is 2.27. The predicted octanol–water partition coefficient (Wildman–Crippen LogP) is 2.50. The Morgan fingerprint density at radius 1 is 1.08 bits per heavy atom. The number of fused-ring (bicyclic) bond motifs is 3. The Morgan fingerprint density at radius 2 is 1.81 bits per heavy atom. The number of aryl methyl sites for hydroxylation is 1. The molecule has 2 aromatic carbocycles. The number of aldehydes is 1. The molecule has 136 valence electrons. The Kier molecular flexibility index (Phi) is 4.95. The minimum Gasteiger partial charge on any atom is -0.493 e. The lowest BCUT2D eigenvalue weighted by atomic mass is 9.94. The molecule has 0 heterocycles. The molecule has 0 radical (unpaired) electrons. The first-order chi connectivity index (χ1) is 12.5. The third kappa shape index (κ3) is 2.82. The van der Waals surface area contributed by atoms with E-state index in [1.54, 1.807) is 12.1 Å². The van der Waals surface area contributed by atoms with E-state index in [2.05, 4.69) is 0 Å². The van der Waals surface area contributed by atoms with Gasteiger partial charge >= 0.3 is 0 Å². The predicted molar refractivity (Wildman–Crippen MR) is 98.4 cm³/mol. The summed E-state index contributed by atoms with van der Waals surface area (Å²) in [6.07, 6.45) is 2.04. The Balaban J connectivity index is 2.45. The van der Waals surface area contributed by atoms with E-state index in [1.807, 2.05) is 6.07 Å². The van der Waals surface area contributed by atoms with Crippen LogP contribution in [0.15, 0.2) is 29.1 Å². The van der Waals surface area contributed by atoms with Crippen LogP contribution in [0.4, 0.5) is 0 Å². The summed E-state index contributed by atoms with van der Waals surface area (Å²) in [5, 5.41) is 0. The van der Waals surface area contributed by atoms with Crippen molar-refractivity contribution in [3.05, 3.63) is 51.2 Å². The van der Waals surface area contributed by atoms with Crippen LogP contribution in [-0.4, -0.2) is 27.6 Å². The molecule has 2 N–H and O–H groups in total. The van der Waals surface area contributed by atoms with Crippen molar-refractivity contribution in [3.63, 3.8) is 0 Å². The molecule has 0 amide bonds. The van der Waals surface area contributed by atoms with Gasteiger partial charge in [-0.1, -0.05) is 6.07 Å². The highest BCUT2D eigenvalue weighted by molar-refractivity contribution is 5.89. The van der Waals surface area contributed by atoms with Gasteiger partial charge in [0.2, 0.25) is 5.43 Å². The van der Waals surface area contributed by atoms with Crippen LogP contribution in [0.3, 0.4) is 0 Å². The van der Waals surface area contributed by atoms with Crippen molar-refractivity contribution in [1.82, 2.24) is 0 Å². The van der Waals surface area contributed by atoms with Crippen molar-refractivity contribution >= 4 is 6.29 Å². The van der Waals surface area contributed by atoms with Crippen molar-refractivity contribution in [2.45, 2.75) is 18.9 Å². The number of hydrogen-bond donors (Lipinski definition) is 1. The van der Waals surface area contributed by atoms with Crippen LogP contribution in [0.25, 0.3) is 11.1 Å². The fourth-order valence-corrected chi connectivity index (χ4v) is 3.50. The maximum absolute atomic E-state index is 12.4. The number of benzene rings is 1. The minimum atomic E-state index is -0.322. The fourth-order valence-electron chi connectivity index (χ4n) is 3.50. The minimum absolute atomic E-state index is 0.233. The van der Waals surface area contributed by atoms with E-state index in [4.69, 9.17) is 19.9 Å². The number of methoxy groups -OCH3 is 3. The van der Waals surface area contributed by atoms with Gasteiger partial charge < -0.3 is 19.9 Å². The van der Waals surface area contributed by atoms with Gasteiger partial charge in [-0.3, -0.25) is 9.59 Å². The van der Waals surface area contributed by atoms with Crippen LogP contribution in [0.1, 0.15) is 33.9 Å². The number of nitrogens with two attached hydrogens (primary N) is 1. The zero-order chi connectivity index (χ0) is 18.8. The summed E-state index contributed by atoms with van der Waals surface area (Å²) >= 11 is 0. The molecule has 6 nitrogen and oxygen atoms in total. The van der Waals surface area contributed by atoms with Gasteiger partial charge in [-0.15, -0.1) is 0 Å². The van der Waals surface area contributed by atoms with Gasteiger partial charge in [0.05, 0.1) is 26.9 Å². The quantitative estimate of drug-likeness (QED) is 0.848. The summed E-state index contributed by atoms with van der Waals surface area (Å²) in [5.74, 6) is 1.06. The first kappa shape index (κ1) is 17.9. The van der Waals surface area contributed by atoms with Gasteiger partial charge in [0, 0.05) is 11.6 Å². The average Bonchev–Trinajstić information content (AvgIpc) is 2.89. The summed E-state index contributed by atoms with van der Waals surface area (Å²) < 4.78 is 16.2. The van der Waals surface area contributed by atoms with E-state index in [-0.39, 0.29) is 17.2 Å². The lowest BCUT2D eigenvalue weighted by Crippen LogP contribution is -2.12. The summed E-state index contributed by atoms with van der Waals surface area (Å²) in [4.78, 5) is 23.9. The fraction of sp³-hybridized carbons (Fsp3) is 0.300. The monoisotopic (exact) mass is 355 g/mol. The van der Waals surface area contributed by atoms with Crippen molar-refractivity contribution in [2.24, 2.45) is 5.73 Å². The van der Waals surface area contributed by atoms with Gasteiger partial charge in [-0.25, -0.2) is 0 Å². The van der Waals surface area contributed by atoms with Gasteiger partial charge in [0.25, 0.3) is 0 Å². The Hall–Kier alpha value is -2.86. The molecule has 0 fully saturated rings. The topological polar surface area (TPSA) is 87.9 Å². The molecular weight excluding hydrogens is 334 g/mol. The van der Waals surface area contributed by atoms with E-state index >= 15 is 0 Å². The lowest BCUT2D eigenvalue weighted by molar-refractivity contribution is 0.112. The number of carbonyl (C=O) groups is 1. The zero-order valence-electron chi connectivity index (χ0n) is 15.0. The molecule has 26 heavy (non-hydrogen) atoms. The molecule has 6 heteroatoms. The van der Waals surface area contributed by atoms with Crippen LogP contribution in [0, 0.1) is 0 Å². The Morgan fingerprint density at radius 3 is 2.42 bits per heavy atom. The third-order valence-electron chi connectivity index (χ3n) is 4.74. The van der Waals surface area contributed by atoms with Crippen LogP contribution in [-0.2, 0) is 6.42 Å². The smallest absolute Gasteiger partial charge is 0.220 e. The molecular formula is C20H21NO5. The number of ether oxygens (including phenoxy) is 3. The second kappa shape index (κ2) is 7.17. The van der Waals surface area contributed by atoms with Crippen LogP contribution in [0.5, 0.6) is 17.2 Å². The van der Waals surface area contributed by atoms with E-state index < -0.39 is 0 Å². The van der Waals surface area contributed by atoms with Crippen LogP contribution in [0.2, 0.25) is 0 Å². The number of rotatable bonds is 4. The van der Waals surface area contributed by atoms with Crippen LogP contribution >= 0.6 is 0 Å². The Labute approximate surface area is 151 Å². The standard InChI is InChI=1S/C20H21NO5/c1-24-17-7-5-13-14(9-16(17)23)15(21)6-4-11-8-12(10-22)19(25-2)20(26-3)18(11)13/h5,7-10,15H,4,6,21H2,1-3H3. The molecule has 0 aliphatic heterocycles. The molecule has 3 rings (SSSR count). The summed E-state index contributed by atoms with van der Waals surface area (Å²) in [6, 6.07) is 6.43. The van der Waals surface area contributed by atoms with Crippen molar-refractivity contribution < 1.29 is 19.0 Å². The van der Waals surface area contributed by atoms with E-state index in [1.165, 1.54) is 27.4 Å². The summed E-state index contributed by atoms with van der Waals surface area (Å²) in [5.41, 5.74) is 9.75. The van der Waals surface area contributed by atoms with Crippen LogP contribution < -0.4 is 25.4 Å². The maximum atomic E-state index is 12.4. The molecule has 1 unspecified atom stereocenters. The first-order valence-electron chi connectivity index (χ1n) is 8.26. The number of carbonyl (C=O) groups excluding carboxylic acids is 1. The van der Waals surface area contributed by atoms with E-state index in [0.29, 0.717) is 29.9 Å². The number of hydrogen-bond acceptors (Lipinski definition) is 6. The molecule has 0 saturated heterocycles. The molecule has 1 aliphatic carbocycles. The van der Waals surface area contributed by atoms with E-state index in [0.717, 1.165) is 28.5 Å². The summed E-state index contributed by atoms with van der Waals surface area (Å²) in [6.45, 7) is 0. The van der Waals surface area contributed by atoms with Gasteiger partial charge in [-0.2, -0.15) is 0 Å². The van der Waals surface area contributed by atoms with Gasteiger partial charge in [0.1, 0.15) is 0 Å². The highest BCUT2D eigenvalue weighted by Crippen LogP contribution is 2.46. The third-order valence-corrected chi connectivity index (χ3v) is 4.74. The SMILES string of the molecule is COc1c(C=O)cc2c(c1OC)-c1ccc(OC)c(=O)cc1C(N)CC2. The molecule has 0 spiro atoms. The lowest BCUT2D eigenvalue weighted by Gasteiger charge is -2.18. The van der Waals surface area contributed by atoms with E-state index in [9.17, 15) is 9.59 Å². The molecule has 0 bridgehead atoms. The normalized spacial score (nSPS) is 15.3. The second-order valence-electron chi connectivity index (χ2n) is 6.11. The van der Waals surface area contributed by atoms with Crippen molar-refractivity contribution in [2.75, 3.05) is 21.3 Å². The Bertz CT molecular complexity index is 923. The maximum Gasteiger partial charge on any atom is 0.220 e. The molecule has 2 aromatic rings. The molecule has 1 atom stereocenters. The zero-order valence-corrected chi connectivity index (χ0v) is 15.0. The molecule has 0 saturated carbocycles. The van der Waals surface area contributed by atoms with Crippen molar-refractivity contribution in [3.8, 4) is 28.4 Å². The largest absolute Gasteiger partial charge is 0.493 e. The summed E-state index contributed by atoms with van der Waals surface area (Å²) in [7, 11) is 4.47. The molecule has 1 aliphatic rings. The first-order valence-corrected chi connectivity index (χ1v) is 8.26.